The molecule has 0 bridgehead atoms. The van der Waals surface area contributed by atoms with Gasteiger partial charge in [-0.2, -0.15) is 0 Å². The number of anilines is 1. The Hall–Kier alpha value is -2.28. The van der Waals surface area contributed by atoms with Gasteiger partial charge in [0.25, 0.3) is 0 Å². The number of nitrogens with one attached hydrogen (secondary N) is 1. The van der Waals surface area contributed by atoms with E-state index in [9.17, 15) is 9.59 Å². The molecule has 0 radical (unpaired) electrons. The van der Waals surface area contributed by atoms with Crippen molar-refractivity contribution in [3.05, 3.63) is 29.8 Å². The Labute approximate surface area is 168 Å². The summed E-state index contributed by atoms with van der Waals surface area (Å²) in [6.45, 7) is 7.45. The number of ether oxygens (including phenoxy) is 1. The maximum absolute atomic E-state index is 12.5. The molecule has 1 aromatic rings. The first-order valence-electron chi connectivity index (χ1n) is 10.1. The van der Waals surface area contributed by atoms with Crippen molar-refractivity contribution in [3.8, 4) is 0 Å². The third-order valence-electron chi connectivity index (χ3n) is 5.06. The summed E-state index contributed by atoms with van der Waals surface area (Å²) in [5, 5.41) is 3.12. The Morgan fingerprint density at radius 1 is 1.14 bits per heavy atom. The van der Waals surface area contributed by atoms with E-state index in [1.54, 1.807) is 11.8 Å². The quantitative estimate of drug-likeness (QED) is 0.738. The number of benzene rings is 1. The highest BCUT2D eigenvalue weighted by atomic mass is 16.6. The third-order valence-corrected chi connectivity index (χ3v) is 5.06. The van der Waals surface area contributed by atoms with Crippen LogP contribution >= 0.6 is 0 Å². The lowest BCUT2D eigenvalue weighted by Crippen LogP contribution is -2.48. The molecule has 1 aliphatic rings. The molecular formula is C21H34N4O3. The number of carbonyl (C=O) groups is 2. The minimum atomic E-state index is -0.260. The van der Waals surface area contributed by atoms with Crippen molar-refractivity contribution in [3.63, 3.8) is 0 Å². The average Bonchev–Trinajstić information content (AvgIpc) is 2.68. The fraction of sp³-hybridized carbons (Fsp3) is 0.619. The van der Waals surface area contributed by atoms with Crippen LogP contribution in [-0.2, 0) is 16.1 Å². The van der Waals surface area contributed by atoms with Gasteiger partial charge in [0.2, 0.25) is 5.91 Å². The van der Waals surface area contributed by atoms with Gasteiger partial charge in [0.05, 0.1) is 13.2 Å². The molecule has 0 aliphatic carbocycles. The zero-order valence-electron chi connectivity index (χ0n) is 17.6. The molecule has 156 valence electrons. The average molecular weight is 391 g/mol. The lowest BCUT2D eigenvalue weighted by atomic mass is 10.1. The van der Waals surface area contributed by atoms with E-state index in [1.165, 1.54) is 11.3 Å². The van der Waals surface area contributed by atoms with Gasteiger partial charge >= 0.3 is 6.09 Å². The molecule has 0 atom stereocenters. The van der Waals surface area contributed by atoms with Crippen LogP contribution in [0.15, 0.2) is 24.3 Å². The highest BCUT2D eigenvalue weighted by Crippen LogP contribution is 2.14. The Morgan fingerprint density at radius 2 is 1.79 bits per heavy atom. The first-order valence-corrected chi connectivity index (χ1v) is 10.1. The van der Waals surface area contributed by atoms with Crippen LogP contribution in [0.5, 0.6) is 0 Å². The molecular weight excluding hydrogens is 356 g/mol. The maximum atomic E-state index is 12.5. The van der Waals surface area contributed by atoms with Gasteiger partial charge in [-0.05, 0) is 44.0 Å². The molecule has 1 aliphatic heterocycles. The minimum absolute atomic E-state index is 0.0429. The van der Waals surface area contributed by atoms with Crippen LogP contribution in [0.4, 0.5) is 10.5 Å². The van der Waals surface area contributed by atoms with Gasteiger partial charge in [0, 0.05) is 45.5 Å². The Bertz CT molecular complexity index is 625. The molecule has 1 heterocycles. The smallest absolute Gasteiger partial charge is 0.409 e. The molecule has 0 unspecified atom stereocenters. The predicted molar refractivity (Wildman–Crippen MR) is 111 cm³/mol. The number of carbonyl (C=O) groups excluding carboxylic acids is 2. The molecule has 7 heteroatoms. The Balaban J connectivity index is 1.77. The van der Waals surface area contributed by atoms with E-state index in [0.29, 0.717) is 26.2 Å². The maximum Gasteiger partial charge on any atom is 0.409 e. The minimum Gasteiger partial charge on any atom is -0.450 e. The summed E-state index contributed by atoms with van der Waals surface area (Å²) in [6.07, 6.45) is 1.27. The van der Waals surface area contributed by atoms with E-state index in [-0.39, 0.29) is 18.0 Å². The number of likely N-dealkylation sites (N-methyl/N-ethyl adjacent to an activating group) is 1. The zero-order valence-corrected chi connectivity index (χ0v) is 17.6. The molecule has 0 aromatic heterocycles. The van der Waals surface area contributed by atoms with E-state index in [4.69, 9.17) is 4.74 Å². The van der Waals surface area contributed by atoms with Crippen molar-refractivity contribution >= 4 is 17.7 Å². The number of likely N-dealkylation sites (tertiary alicyclic amines) is 1. The van der Waals surface area contributed by atoms with Crippen LogP contribution in [-0.4, -0.2) is 74.7 Å². The van der Waals surface area contributed by atoms with Crippen LogP contribution in [0.25, 0.3) is 0 Å². The van der Waals surface area contributed by atoms with E-state index >= 15 is 0 Å². The normalized spacial score (nSPS) is 14.8. The van der Waals surface area contributed by atoms with Gasteiger partial charge in [-0.15, -0.1) is 0 Å². The van der Waals surface area contributed by atoms with Crippen molar-refractivity contribution in [2.24, 2.45) is 0 Å². The van der Waals surface area contributed by atoms with Gasteiger partial charge < -0.3 is 19.9 Å². The van der Waals surface area contributed by atoms with E-state index in [1.807, 2.05) is 14.1 Å². The summed E-state index contributed by atoms with van der Waals surface area (Å²) in [4.78, 5) is 30.1. The number of amides is 2. The molecule has 7 nitrogen and oxygen atoms in total. The largest absolute Gasteiger partial charge is 0.450 e. The van der Waals surface area contributed by atoms with Crippen LogP contribution in [0.1, 0.15) is 32.3 Å². The molecule has 1 aromatic carbocycles. The number of hydrogen-bond acceptors (Lipinski definition) is 5. The second-order valence-electron chi connectivity index (χ2n) is 7.39. The van der Waals surface area contributed by atoms with Gasteiger partial charge in [-0.1, -0.05) is 19.1 Å². The second-order valence-corrected chi connectivity index (χ2v) is 7.39. The van der Waals surface area contributed by atoms with Gasteiger partial charge in [-0.25, -0.2) is 4.79 Å². The lowest BCUT2D eigenvalue weighted by Gasteiger charge is -2.32. The van der Waals surface area contributed by atoms with Gasteiger partial charge in [0.15, 0.2) is 0 Å². The van der Waals surface area contributed by atoms with Gasteiger partial charge in [-0.3, -0.25) is 9.69 Å². The summed E-state index contributed by atoms with van der Waals surface area (Å²) in [6, 6.07) is 8.54. The molecule has 0 spiro atoms. The number of hydrogen-bond donors (Lipinski definition) is 1. The lowest BCUT2D eigenvalue weighted by molar-refractivity contribution is -0.123. The van der Waals surface area contributed by atoms with Crippen molar-refractivity contribution in [2.45, 2.75) is 39.3 Å². The van der Waals surface area contributed by atoms with Crippen molar-refractivity contribution in [1.29, 1.82) is 0 Å². The Kier molecular flexibility index (Phi) is 8.57. The molecule has 28 heavy (non-hydrogen) atoms. The molecule has 1 saturated heterocycles. The van der Waals surface area contributed by atoms with Crippen molar-refractivity contribution in [2.75, 3.05) is 51.8 Å². The van der Waals surface area contributed by atoms with Gasteiger partial charge in [0.1, 0.15) is 0 Å². The molecule has 1 fully saturated rings. The van der Waals surface area contributed by atoms with Crippen LogP contribution in [0.2, 0.25) is 0 Å². The van der Waals surface area contributed by atoms with E-state index < -0.39 is 0 Å². The molecule has 2 rings (SSSR count). The first kappa shape index (κ1) is 22.0. The highest BCUT2D eigenvalue weighted by molar-refractivity contribution is 5.78. The van der Waals surface area contributed by atoms with Crippen LogP contribution in [0, 0.1) is 0 Å². The summed E-state index contributed by atoms with van der Waals surface area (Å²) in [5.74, 6) is 0.0429. The van der Waals surface area contributed by atoms with Crippen molar-refractivity contribution in [1.82, 2.24) is 15.1 Å². The summed E-state index contributed by atoms with van der Waals surface area (Å²) in [5.41, 5.74) is 2.36. The standard InChI is InChI=1S/C21H34N4O3/c1-5-24(15-17-7-9-19(10-8-17)23(3)4)16-20(26)22-18-11-13-25(14-12-18)21(27)28-6-2/h7-10,18H,5-6,11-16H2,1-4H3,(H,22,26). The van der Waals surface area contributed by atoms with Crippen LogP contribution in [0.3, 0.4) is 0 Å². The summed E-state index contributed by atoms with van der Waals surface area (Å²) in [7, 11) is 4.05. The molecule has 0 saturated carbocycles. The molecule has 2 amide bonds. The molecule has 1 N–H and O–H groups in total. The number of rotatable bonds is 8. The first-order chi connectivity index (χ1) is 13.4. The van der Waals surface area contributed by atoms with E-state index in [0.717, 1.165) is 25.9 Å². The second kappa shape index (κ2) is 10.9. The Morgan fingerprint density at radius 3 is 2.32 bits per heavy atom. The van der Waals surface area contributed by atoms with Crippen LogP contribution < -0.4 is 10.2 Å². The number of nitrogens with zero attached hydrogens (tertiary/aromatic N) is 3. The zero-order chi connectivity index (χ0) is 20.5. The van der Waals surface area contributed by atoms with E-state index in [2.05, 4.69) is 46.3 Å². The SMILES string of the molecule is CCOC(=O)N1CCC(NC(=O)CN(CC)Cc2ccc(N(C)C)cc2)CC1. The topological polar surface area (TPSA) is 65.1 Å². The van der Waals surface area contributed by atoms with Crippen molar-refractivity contribution < 1.29 is 14.3 Å². The summed E-state index contributed by atoms with van der Waals surface area (Å²) >= 11 is 0. The number of piperidine rings is 1. The fourth-order valence-electron chi connectivity index (χ4n) is 3.33. The fourth-order valence-corrected chi connectivity index (χ4v) is 3.33. The highest BCUT2D eigenvalue weighted by Gasteiger charge is 2.24. The summed E-state index contributed by atoms with van der Waals surface area (Å²) < 4.78 is 5.03. The monoisotopic (exact) mass is 390 g/mol. The predicted octanol–water partition coefficient (Wildman–Crippen LogP) is 2.31. The third kappa shape index (κ3) is 6.71.